The van der Waals surface area contributed by atoms with Gasteiger partial charge in [0.25, 0.3) is 0 Å². The second kappa shape index (κ2) is 4.77. The number of thiazole rings is 1. The maximum absolute atomic E-state index is 9.45. The van der Waals surface area contributed by atoms with Crippen molar-refractivity contribution in [1.82, 2.24) is 4.98 Å². The molecule has 0 saturated heterocycles. The van der Waals surface area contributed by atoms with Crippen LogP contribution in [0.2, 0.25) is 0 Å². The van der Waals surface area contributed by atoms with Gasteiger partial charge < -0.3 is 10.2 Å². The van der Waals surface area contributed by atoms with E-state index in [4.69, 9.17) is 11.6 Å². The predicted molar refractivity (Wildman–Crippen MR) is 48.4 cm³/mol. The van der Waals surface area contributed by atoms with Crippen LogP contribution in [0.5, 0.6) is 0 Å². The molecule has 1 rings (SSSR count). The molecule has 2 atom stereocenters. The van der Waals surface area contributed by atoms with E-state index in [2.05, 4.69) is 4.98 Å². The highest BCUT2D eigenvalue weighted by Gasteiger charge is 2.19. The molecule has 1 aromatic heterocycles. The zero-order valence-electron chi connectivity index (χ0n) is 6.35. The number of hydrogen-bond donors (Lipinski definition) is 2. The Morgan fingerprint density at radius 2 is 2.33 bits per heavy atom. The van der Waals surface area contributed by atoms with Crippen molar-refractivity contribution in [1.29, 1.82) is 0 Å². The van der Waals surface area contributed by atoms with Gasteiger partial charge in [-0.1, -0.05) is 0 Å². The van der Waals surface area contributed by atoms with Crippen molar-refractivity contribution in [3.05, 3.63) is 16.6 Å². The monoisotopic (exact) mass is 207 g/mol. The van der Waals surface area contributed by atoms with Crippen LogP contribution >= 0.6 is 22.9 Å². The third-order valence-electron chi connectivity index (χ3n) is 1.47. The molecule has 5 heteroatoms. The fourth-order valence-corrected chi connectivity index (χ4v) is 1.72. The largest absolute Gasteiger partial charge is 0.390 e. The third-order valence-corrected chi connectivity index (χ3v) is 2.54. The molecule has 0 radical (unpaired) electrons. The van der Waals surface area contributed by atoms with Crippen molar-refractivity contribution >= 4 is 22.9 Å². The molecule has 0 aliphatic carbocycles. The van der Waals surface area contributed by atoms with Gasteiger partial charge in [-0.15, -0.1) is 22.9 Å². The lowest BCUT2D eigenvalue weighted by Gasteiger charge is -2.13. The van der Waals surface area contributed by atoms with Crippen LogP contribution in [0.3, 0.4) is 0 Å². The number of aliphatic hydroxyl groups is 2. The van der Waals surface area contributed by atoms with Crippen LogP contribution in [0.4, 0.5) is 0 Å². The zero-order chi connectivity index (χ0) is 8.97. The van der Waals surface area contributed by atoms with Crippen molar-refractivity contribution in [2.45, 2.75) is 18.6 Å². The Balaban J connectivity index is 2.53. The van der Waals surface area contributed by atoms with Crippen LogP contribution in [0, 0.1) is 0 Å². The fraction of sp³-hybridized carbons (Fsp3) is 0.571. The zero-order valence-corrected chi connectivity index (χ0v) is 7.92. The lowest BCUT2D eigenvalue weighted by Crippen LogP contribution is -2.18. The minimum Gasteiger partial charge on any atom is -0.390 e. The normalized spacial score (nSPS) is 15.9. The molecule has 0 amide bonds. The highest BCUT2D eigenvalue weighted by Crippen LogP contribution is 2.20. The van der Waals surface area contributed by atoms with E-state index in [-0.39, 0.29) is 0 Å². The molecule has 1 heterocycles. The predicted octanol–water partition coefficient (Wildman–Crippen LogP) is 1.17. The fourth-order valence-electron chi connectivity index (χ4n) is 0.815. The minimum atomic E-state index is -0.899. The smallest absolute Gasteiger partial charge is 0.131 e. The lowest BCUT2D eigenvalue weighted by molar-refractivity contribution is 0.0169. The number of aromatic nitrogens is 1. The molecule has 12 heavy (non-hydrogen) atoms. The number of aliphatic hydroxyl groups excluding tert-OH is 2. The van der Waals surface area contributed by atoms with Crippen LogP contribution in [0.25, 0.3) is 0 Å². The first-order valence-corrected chi connectivity index (χ1v) is 4.98. The Bertz CT molecular complexity index is 217. The van der Waals surface area contributed by atoms with Crippen molar-refractivity contribution in [2.24, 2.45) is 0 Å². The Kier molecular flexibility index (Phi) is 3.94. The summed E-state index contributed by atoms with van der Waals surface area (Å²) in [5.74, 6) is 0.337. The molecule has 0 aliphatic heterocycles. The average Bonchev–Trinajstić information content (AvgIpc) is 2.55. The molecule has 3 nitrogen and oxygen atoms in total. The maximum Gasteiger partial charge on any atom is 0.131 e. The molecular formula is C7H10ClNO2S. The van der Waals surface area contributed by atoms with Gasteiger partial charge in [0.1, 0.15) is 11.1 Å². The van der Waals surface area contributed by atoms with Gasteiger partial charge in [0.05, 0.1) is 6.10 Å². The number of halogens is 1. The molecule has 0 fully saturated rings. The summed E-state index contributed by atoms with van der Waals surface area (Å²) in [6, 6.07) is 0. The first kappa shape index (κ1) is 9.92. The Morgan fingerprint density at radius 3 is 2.83 bits per heavy atom. The lowest BCUT2D eigenvalue weighted by atomic mass is 10.2. The van der Waals surface area contributed by atoms with Gasteiger partial charge in [-0.25, -0.2) is 4.98 Å². The van der Waals surface area contributed by atoms with Gasteiger partial charge in [-0.2, -0.15) is 0 Å². The summed E-state index contributed by atoms with van der Waals surface area (Å²) in [7, 11) is 0. The van der Waals surface area contributed by atoms with Crippen LogP contribution in [-0.4, -0.2) is 27.2 Å². The van der Waals surface area contributed by atoms with E-state index < -0.39 is 12.2 Å². The minimum absolute atomic E-state index is 0.337. The van der Waals surface area contributed by atoms with Crippen molar-refractivity contribution < 1.29 is 10.2 Å². The molecular weight excluding hydrogens is 198 g/mol. The standard InChI is InChI=1S/C7H10ClNO2S/c8-2-1-5(10)6(11)7-9-3-4-12-7/h3-6,10-11H,1-2H2. The molecule has 0 bridgehead atoms. The van der Waals surface area contributed by atoms with Crippen molar-refractivity contribution in [3.63, 3.8) is 0 Å². The second-order valence-electron chi connectivity index (χ2n) is 2.36. The summed E-state index contributed by atoms with van der Waals surface area (Å²) in [5, 5.41) is 21.1. The van der Waals surface area contributed by atoms with Crippen molar-refractivity contribution in [2.75, 3.05) is 5.88 Å². The maximum atomic E-state index is 9.45. The van der Waals surface area contributed by atoms with E-state index in [0.717, 1.165) is 0 Å². The number of rotatable bonds is 4. The number of nitrogens with zero attached hydrogens (tertiary/aromatic N) is 1. The summed E-state index contributed by atoms with van der Waals surface area (Å²) >= 11 is 6.73. The van der Waals surface area contributed by atoms with E-state index in [1.165, 1.54) is 11.3 Å². The van der Waals surface area contributed by atoms with Crippen molar-refractivity contribution in [3.8, 4) is 0 Å². The van der Waals surface area contributed by atoms with Crippen LogP contribution in [-0.2, 0) is 0 Å². The van der Waals surface area contributed by atoms with E-state index in [1.54, 1.807) is 11.6 Å². The van der Waals surface area contributed by atoms with Crippen LogP contribution in [0.1, 0.15) is 17.5 Å². The summed E-state index contributed by atoms with van der Waals surface area (Å²) in [5.41, 5.74) is 0. The molecule has 0 spiro atoms. The topological polar surface area (TPSA) is 53.4 Å². The van der Waals surface area contributed by atoms with E-state index >= 15 is 0 Å². The van der Waals surface area contributed by atoms with Crippen LogP contribution in [0.15, 0.2) is 11.6 Å². The quantitative estimate of drug-likeness (QED) is 0.729. The number of alkyl halides is 1. The molecule has 0 saturated carbocycles. The van der Waals surface area contributed by atoms with Gasteiger partial charge >= 0.3 is 0 Å². The molecule has 0 aliphatic rings. The molecule has 68 valence electrons. The highest BCUT2D eigenvalue weighted by molar-refractivity contribution is 7.09. The molecule has 1 aromatic rings. The van der Waals surface area contributed by atoms with Gasteiger partial charge in [0, 0.05) is 17.5 Å². The van der Waals surface area contributed by atoms with Crippen LogP contribution < -0.4 is 0 Å². The van der Waals surface area contributed by atoms with Gasteiger partial charge in [-0.05, 0) is 6.42 Å². The van der Waals surface area contributed by atoms with Gasteiger partial charge in [0.15, 0.2) is 0 Å². The number of hydrogen-bond acceptors (Lipinski definition) is 4. The Hall–Kier alpha value is -0.160. The third kappa shape index (κ3) is 2.42. The van der Waals surface area contributed by atoms with E-state index in [0.29, 0.717) is 17.3 Å². The second-order valence-corrected chi connectivity index (χ2v) is 3.66. The summed E-state index contributed by atoms with van der Waals surface area (Å²) < 4.78 is 0. The summed E-state index contributed by atoms with van der Waals surface area (Å²) in [6.45, 7) is 0. The van der Waals surface area contributed by atoms with Gasteiger partial charge in [-0.3, -0.25) is 0 Å². The van der Waals surface area contributed by atoms with E-state index in [9.17, 15) is 10.2 Å². The van der Waals surface area contributed by atoms with Gasteiger partial charge in [0.2, 0.25) is 0 Å². The Labute approximate surface area is 79.6 Å². The molecule has 2 N–H and O–H groups in total. The first-order chi connectivity index (χ1) is 5.75. The SMILES string of the molecule is OC(CCCl)C(O)c1nccs1. The van der Waals surface area contributed by atoms with E-state index in [1.807, 2.05) is 0 Å². The molecule has 0 aromatic carbocycles. The molecule has 2 unspecified atom stereocenters. The first-order valence-electron chi connectivity index (χ1n) is 3.57. The highest BCUT2D eigenvalue weighted by atomic mass is 35.5. The Morgan fingerprint density at radius 1 is 1.58 bits per heavy atom. The average molecular weight is 208 g/mol. The summed E-state index contributed by atoms with van der Waals surface area (Å²) in [4.78, 5) is 3.88. The summed E-state index contributed by atoms with van der Waals surface area (Å²) in [6.07, 6.45) is 0.260.